The van der Waals surface area contributed by atoms with E-state index in [2.05, 4.69) is 87.9 Å². The van der Waals surface area contributed by atoms with Gasteiger partial charge in [0, 0.05) is 95.5 Å². The van der Waals surface area contributed by atoms with E-state index in [4.69, 9.17) is 14.2 Å². The van der Waals surface area contributed by atoms with Crippen molar-refractivity contribution in [1.82, 2.24) is 29.6 Å². The largest absolute Gasteiger partial charge is 0.384 e. The predicted molar refractivity (Wildman–Crippen MR) is 211 cm³/mol. The van der Waals surface area contributed by atoms with Crippen molar-refractivity contribution in [3.8, 4) is 0 Å². The van der Waals surface area contributed by atoms with Crippen LogP contribution in [0.3, 0.4) is 0 Å². The van der Waals surface area contributed by atoms with Gasteiger partial charge in [-0.3, -0.25) is 14.2 Å². The number of aromatic amines is 1. The predicted octanol–water partition coefficient (Wildman–Crippen LogP) is 3.82. The summed E-state index contributed by atoms with van der Waals surface area (Å²) in [6.07, 6.45) is 3.68. The Balaban J connectivity index is 0.000000165. The summed E-state index contributed by atoms with van der Waals surface area (Å²) in [6.45, 7) is 14.8. The summed E-state index contributed by atoms with van der Waals surface area (Å²) in [7, 11) is 5.86. The Labute approximate surface area is 311 Å². The van der Waals surface area contributed by atoms with E-state index in [1.54, 1.807) is 11.7 Å². The lowest BCUT2D eigenvalue weighted by Crippen LogP contribution is -2.46. The summed E-state index contributed by atoms with van der Waals surface area (Å²) < 4.78 is 18.0. The Hall–Kier alpha value is -3.82. The van der Waals surface area contributed by atoms with E-state index in [9.17, 15) is 9.59 Å². The maximum absolute atomic E-state index is 13.1. The number of benzene rings is 2. The first kappa shape index (κ1) is 37.5. The maximum Gasteiger partial charge on any atom is 0.258 e. The number of anilines is 2. The highest BCUT2D eigenvalue weighted by atomic mass is 16.5. The van der Waals surface area contributed by atoms with Crippen molar-refractivity contribution < 1.29 is 14.2 Å². The standard InChI is InChI=1S/C21H30N4O3.C19H26N4O2/c1-15-11-16(13-23(2)24-7-9-28-10-8-24)12-18-19(15)20-17(5-4-6-22-20)21(26)25(18)14-27-3;1-13-10-14(12-22(2)23-6-8-25-9-7-23)11-16-17(13)18-15(19(24)21-16)4-3-5-20-18/h11-12,22H,4-10,13-14H2,1-3H3;10-11,20H,3-9,12H2,1-2H3,(H,21,24). The molecule has 2 fully saturated rings. The number of hydrazine groups is 2. The fourth-order valence-corrected chi connectivity index (χ4v) is 8.44. The Morgan fingerprint density at radius 3 is 1.85 bits per heavy atom. The first-order valence-electron chi connectivity index (χ1n) is 19.1. The van der Waals surface area contributed by atoms with Crippen molar-refractivity contribution >= 4 is 33.2 Å². The van der Waals surface area contributed by atoms with Gasteiger partial charge in [0.15, 0.2) is 0 Å². The van der Waals surface area contributed by atoms with Crippen molar-refractivity contribution in [1.29, 1.82) is 0 Å². The number of aromatic nitrogens is 2. The summed E-state index contributed by atoms with van der Waals surface area (Å²) in [5.41, 5.74) is 10.7. The zero-order valence-corrected chi connectivity index (χ0v) is 32.1. The molecule has 8 rings (SSSR count). The van der Waals surface area contributed by atoms with Gasteiger partial charge in [-0.05, 0) is 73.9 Å². The van der Waals surface area contributed by atoms with E-state index in [-0.39, 0.29) is 17.8 Å². The second kappa shape index (κ2) is 16.7. The first-order valence-corrected chi connectivity index (χ1v) is 19.1. The highest BCUT2D eigenvalue weighted by Crippen LogP contribution is 2.33. The van der Waals surface area contributed by atoms with Gasteiger partial charge in [-0.1, -0.05) is 12.1 Å². The lowest BCUT2D eigenvalue weighted by molar-refractivity contribution is -0.0802. The first-order chi connectivity index (χ1) is 25.7. The quantitative estimate of drug-likeness (QED) is 0.246. The van der Waals surface area contributed by atoms with Crippen LogP contribution in [0.15, 0.2) is 33.9 Å². The minimum atomic E-state index is 0.0489. The summed E-state index contributed by atoms with van der Waals surface area (Å²) >= 11 is 0. The molecule has 2 aromatic carbocycles. The van der Waals surface area contributed by atoms with Gasteiger partial charge in [-0.2, -0.15) is 0 Å². The number of hydrogen-bond donors (Lipinski definition) is 3. The molecule has 0 radical (unpaired) electrons. The molecule has 2 aromatic heterocycles. The van der Waals surface area contributed by atoms with Gasteiger partial charge in [0.25, 0.3) is 11.1 Å². The van der Waals surface area contributed by atoms with Crippen LogP contribution in [-0.4, -0.2) is 116 Å². The molecular weight excluding hydrogens is 672 g/mol. The average Bonchev–Trinajstić information content (AvgIpc) is 3.17. The summed E-state index contributed by atoms with van der Waals surface area (Å²) in [4.78, 5) is 28.7. The smallest absolute Gasteiger partial charge is 0.258 e. The number of aryl methyl sites for hydroxylation is 2. The van der Waals surface area contributed by atoms with Gasteiger partial charge < -0.3 is 29.8 Å². The molecule has 13 heteroatoms. The highest BCUT2D eigenvalue weighted by molar-refractivity contribution is 5.97. The number of morpholine rings is 2. The fourth-order valence-electron chi connectivity index (χ4n) is 8.44. The van der Waals surface area contributed by atoms with Gasteiger partial charge in [0.1, 0.15) is 6.73 Å². The van der Waals surface area contributed by atoms with Gasteiger partial charge >= 0.3 is 0 Å². The van der Waals surface area contributed by atoms with Crippen LogP contribution in [0.25, 0.3) is 21.8 Å². The van der Waals surface area contributed by atoms with E-state index < -0.39 is 0 Å². The molecule has 0 spiro atoms. The molecule has 286 valence electrons. The second-order valence-corrected chi connectivity index (χ2v) is 14.8. The zero-order valence-electron chi connectivity index (χ0n) is 32.1. The minimum absolute atomic E-state index is 0.0489. The number of methoxy groups -OCH3 is 1. The van der Waals surface area contributed by atoms with Crippen molar-refractivity contribution in [3.05, 3.63) is 78.4 Å². The molecule has 3 N–H and O–H groups in total. The Morgan fingerprint density at radius 1 is 0.736 bits per heavy atom. The van der Waals surface area contributed by atoms with E-state index >= 15 is 0 Å². The molecule has 6 heterocycles. The molecule has 0 atom stereocenters. The maximum atomic E-state index is 13.1. The Bertz CT molecular complexity index is 2050. The Kier molecular flexibility index (Phi) is 11.8. The Morgan fingerprint density at radius 2 is 1.26 bits per heavy atom. The molecule has 0 bridgehead atoms. The van der Waals surface area contributed by atoms with Gasteiger partial charge in [-0.15, -0.1) is 0 Å². The second-order valence-electron chi connectivity index (χ2n) is 14.8. The molecule has 53 heavy (non-hydrogen) atoms. The number of ether oxygens (including phenoxy) is 3. The van der Waals surface area contributed by atoms with E-state index in [0.29, 0.717) is 0 Å². The van der Waals surface area contributed by atoms with Crippen LogP contribution in [0.1, 0.15) is 46.2 Å². The molecule has 2 saturated heterocycles. The van der Waals surface area contributed by atoms with Crippen molar-refractivity contribution in [2.24, 2.45) is 0 Å². The van der Waals surface area contributed by atoms with Crippen molar-refractivity contribution in [3.63, 3.8) is 0 Å². The van der Waals surface area contributed by atoms with Crippen LogP contribution < -0.4 is 21.8 Å². The van der Waals surface area contributed by atoms with Crippen LogP contribution in [-0.2, 0) is 46.9 Å². The number of rotatable bonds is 8. The van der Waals surface area contributed by atoms with Gasteiger partial charge in [-0.25, -0.2) is 20.0 Å². The van der Waals surface area contributed by atoms with E-state index in [1.807, 2.05) is 0 Å². The molecule has 0 unspecified atom stereocenters. The van der Waals surface area contributed by atoms with E-state index in [0.717, 1.165) is 149 Å². The number of hydrogen-bond acceptors (Lipinski definition) is 11. The van der Waals surface area contributed by atoms with Crippen LogP contribution in [0.5, 0.6) is 0 Å². The zero-order chi connectivity index (χ0) is 37.1. The molecule has 0 aliphatic carbocycles. The number of nitrogens with zero attached hydrogens (tertiary/aromatic N) is 5. The third-order valence-electron chi connectivity index (χ3n) is 11.0. The summed E-state index contributed by atoms with van der Waals surface area (Å²) in [6, 6.07) is 8.76. The van der Waals surface area contributed by atoms with Gasteiger partial charge in [0.2, 0.25) is 0 Å². The summed E-state index contributed by atoms with van der Waals surface area (Å²) in [5.74, 6) is 0. The third-order valence-corrected chi connectivity index (χ3v) is 11.0. The number of pyridine rings is 2. The van der Waals surface area contributed by atoms with Crippen molar-refractivity contribution in [2.45, 2.75) is 59.4 Å². The molecular formula is C40H56N8O5. The van der Waals surface area contributed by atoms with Crippen LogP contribution in [0.4, 0.5) is 11.4 Å². The normalized spacial score (nSPS) is 18.0. The molecule has 0 amide bonds. The number of fused-ring (bicyclic) bond motifs is 6. The molecule has 0 saturated carbocycles. The molecule has 4 aliphatic rings. The number of nitrogens with one attached hydrogen (secondary N) is 3. The van der Waals surface area contributed by atoms with Crippen LogP contribution in [0, 0.1) is 13.8 Å². The van der Waals surface area contributed by atoms with E-state index in [1.165, 1.54) is 22.3 Å². The van der Waals surface area contributed by atoms with Crippen molar-refractivity contribution in [2.75, 3.05) is 97.5 Å². The topological polar surface area (TPSA) is 120 Å². The third kappa shape index (κ3) is 8.02. The monoisotopic (exact) mass is 728 g/mol. The molecule has 4 aliphatic heterocycles. The number of H-pyrrole nitrogens is 1. The highest BCUT2D eigenvalue weighted by Gasteiger charge is 2.23. The molecule has 13 nitrogen and oxygen atoms in total. The average molecular weight is 729 g/mol. The summed E-state index contributed by atoms with van der Waals surface area (Å²) in [5, 5.41) is 18.4. The minimum Gasteiger partial charge on any atom is -0.384 e. The lowest BCUT2D eigenvalue weighted by atomic mass is 9.97. The fraction of sp³-hybridized carbons (Fsp3) is 0.550. The van der Waals surface area contributed by atoms with Crippen LogP contribution in [0.2, 0.25) is 0 Å². The lowest BCUT2D eigenvalue weighted by Gasteiger charge is -2.35. The van der Waals surface area contributed by atoms with Gasteiger partial charge in [0.05, 0.1) is 48.8 Å². The SMILES string of the molecule is COCn1c(=O)c2c(c3c(C)cc(CN(C)N4CCOCC4)cc31)NCCC2.Cc1cc(CN(C)N2CCOCC2)cc2[nH]c(=O)c3c(c12)NCCC3. The molecule has 4 aromatic rings. The van der Waals surface area contributed by atoms with Crippen LogP contribution >= 0.6 is 0 Å².